The van der Waals surface area contributed by atoms with Crippen LogP contribution in [-0.4, -0.2) is 12.1 Å². The molecule has 0 aliphatic carbocycles. The highest BCUT2D eigenvalue weighted by molar-refractivity contribution is 5.72. The molecule has 0 amide bonds. The van der Waals surface area contributed by atoms with Gasteiger partial charge in [-0.2, -0.15) is 0 Å². The molecule has 1 fully saturated rings. The van der Waals surface area contributed by atoms with Crippen LogP contribution in [0.25, 0.3) is 0 Å². The molecule has 0 aromatic heterocycles. The lowest BCUT2D eigenvalue weighted by Gasteiger charge is -2.06. The lowest BCUT2D eigenvalue weighted by atomic mass is 10.0. The van der Waals surface area contributed by atoms with Crippen molar-refractivity contribution in [1.82, 2.24) is 0 Å². The second kappa shape index (κ2) is 5.63. The molecule has 2 unspecified atom stereocenters. The first-order chi connectivity index (χ1) is 6.74. The van der Waals surface area contributed by atoms with Crippen molar-refractivity contribution in [2.45, 2.75) is 39.2 Å². The summed E-state index contributed by atoms with van der Waals surface area (Å²) >= 11 is 0. The number of rotatable bonds is 4. The molecular weight excluding hydrogens is 176 g/mol. The average molecular weight is 194 g/mol. The Balaban J connectivity index is 2.33. The first-order valence-electron chi connectivity index (χ1n) is 5.27. The molecule has 0 aromatic rings. The van der Waals surface area contributed by atoms with E-state index in [1.165, 1.54) is 6.42 Å². The van der Waals surface area contributed by atoms with Gasteiger partial charge in [0, 0.05) is 5.92 Å². The number of cyclic esters (lactones) is 1. The molecule has 2 atom stereocenters. The number of esters is 1. The number of allylic oxidation sites excluding steroid dienone is 3. The van der Waals surface area contributed by atoms with Crippen LogP contribution in [-0.2, 0) is 9.53 Å². The minimum absolute atomic E-state index is 0.0401. The molecule has 0 N–H and O–H groups in total. The Hall–Kier alpha value is -1.05. The summed E-state index contributed by atoms with van der Waals surface area (Å²) in [6.45, 7) is 4.09. The van der Waals surface area contributed by atoms with Crippen molar-refractivity contribution in [2.75, 3.05) is 0 Å². The molecule has 1 aliphatic heterocycles. The van der Waals surface area contributed by atoms with E-state index in [1.807, 2.05) is 19.1 Å². The molecular formula is C12H18O2. The first kappa shape index (κ1) is 11.0. The second-order valence-electron chi connectivity index (χ2n) is 3.66. The van der Waals surface area contributed by atoms with E-state index >= 15 is 0 Å². The van der Waals surface area contributed by atoms with E-state index in [2.05, 4.69) is 19.1 Å². The van der Waals surface area contributed by atoms with Gasteiger partial charge < -0.3 is 4.74 Å². The summed E-state index contributed by atoms with van der Waals surface area (Å²) in [6, 6.07) is 0. The number of hydrogen-bond acceptors (Lipinski definition) is 2. The van der Waals surface area contributed by atoms with E-state index < -0.39 is 0 Å². The van der Waals surface area contributed by atoms with Gasteiger partial charge in [0.25, 0.3) is 0 Å². The molecule has 2 heteroatoms. The molecule has 1 heterocycles. The largest absolute Gasteiger partial charge is 0.462 e. The minimum Gasteiger partial charge on any atom is -0.462 e. The van der Waals surface area contributed by atoms with Crippen LogP contribution >= 0.6 is 0 Å². The van der Waals surface area contributed by atoms with Crippen LogP contribution in [0.5, 0.6) is 0 Å². The summed E-state index contributed by atoms with van der Waals surface area (Å²) in [7, 11) is 0. The summed E-state index contributed by atoms with van der Waals surface area (Å²) in [5, 5.41) is 0. The molecule has 78 valence electrons. The van der Waals surface area contributed by atoms with Crippen LogP contribution in [0, 0.1) is 5.92 Å². The van der Waals surface area contributed by atoms with Gasteiger partial charge in [-0.15, -0.1) is 0 Å². The second-order valence-corrected chi connectivity index (χ2v) is 3.66. The Morgan fingerprint density at radius 2 is 2.29 bits per heavy atom. The molecule has 0 spiro atoms. The number of hydrogen-bond donors (Lipinski definition) is 0. The van der Waals surface area contributed by atoms with Crippen molar-refractivity contribution in [1.29, 1.82) is 0 Å². The van der Waals surface area contributed by atoms with Crippen LogP contribution in [0.1, 0.15) is 33.1 Å². The Kier molecular flexibility index (Phi) is 4.44. The molecule has 0 bridgehead atoms. The highest BCUT2D eigenvalue weighted by atomic mass is 16.5. The van der Waals surface area contributed by atoms with Gasteiger partial charge in [-0.25, -0.2) is 0 Å². The maximum absolute atomic E-state index is 10.9. The number of carbonyl (C=O) groups is 1. The quantitative estimate of drug-likeness (QED) is 0.508. The number of unbranched alkanes of at least 4 members (excludes halogenated alkanes) is 1. The van der Waals surface area contributed by atoms with Gasteiger partial charge in [0.2, 0.25) is 0 Å². The zero-order valence-electron chi connectivity index (χ0n) is 8.90. The predicted molar refractivity (Wildman–Crippen MR) is 56.8 cm³/mol. The van der Waals surface area contributed by atoms with Crippen LogP contribution in [0.3, 0.4) is 0 Å². The summed E-state index contributed by atoms with van der Waals surface area (Å²) in [6.07, 6.45) is 11.1. The van der Waals surface area contributed by atoms with Crippen molar-refractivity contribution in [3.05, 3.63) is 24.3 Å². The van der Waals surface area contributed by atoms with Crippen molar-refractivity contribution in [3.8, 4) is 0 Å². The van der Waals surface area contributed by atoms with Crippen molar-refractivity contribution in [2.24, 2.45) is 5.92 Å². The van der Waals surface area contributed by atoms with Crippen LogP contribution in [0.4, 0.5) is 0 Å². The normalized spacial score (nSPS) is 27.7. The Bertz CT molecular complexity index is 241. The maximum Gasteiger partial charge on any atom is 0.306 e. The van der Waals surface area contributed by atoms with Crippen molar-refractivity contribution < 1.29 is 9.53 Å². The van der Waals surface area contributed by atoms with Gasteiger partial charge in [0.15, 0.2) is 0 Å². The lowest BCUT2D eigenvalue weighted by molar-refractivity contribution is -0.140. The van der Waals surface area contributed by atoms with Crippen LogP contribution in [0.15, 0.2) is 24.3 Å². The maximum atomic E-state index is 10.9. The predicted octanol–water partition coefficient (Wildman–Crippen LogP) is 2.85. The third-order valence-electron chi connectivity index (χ3n) is 2.38. The fourth-order valence-corrected chi connectivity index (χ4v) is 1.47. The number of ether oxygens (including phenoxy) is 1. The van der Waals surface area contributed by atoms with Crippen molar-refractivity contribution >= 4 is 5.97 Å². The van der Waals surface area contributed by atoms with Crippen molar-refractivity contribution in [3.63, 3.8) is 0 Å². The highest BCUT2D eigenvalue weighted by Crippen LogP contribution is 2.22. The van der Waals surface area contributed by atoms with Crippen LogP contribution < -0.4 is 0 Å². The molecule has 0 saturated carbocycles. The monoisotopic (exact) mass is 194 g/mol. The van der Waals surface area contributed by atoms with Gasteiger partial charge >= 0.3 is 5.97 Å². The summed E-state index contributed by atoms with van der Waals surface area (Å²) in [5.74, 6) is 0.179. The summed E-state index contributed by atoms with van der Waals surface area (Å²) in [4.78, 5) is 10.9. The Morgan fingerprint density at radius 3 is 2.86 bits per heavy atom. The SMILES string of the molecule is CCC/C=C/C=C/C1CC(=O)OC1C. The Morgan fingerprint density at radius 1 is 1.50 bits per heavy atom. The summed E-state index contributed by atoms with van der Waals surface area (Å²) < 4.78 is 5.04. The van der Waals surface area contributed by atoms with E-state index in [1.54, 1.807) is 0 Å². The molecule has 0 aromatic carbocycles. The Labute approximate surface area is 85.6 Å². The zero-order chi connectivity index (χ0) is 10.4. The van der Waals surface area contributed by atoms with Gasteiger partial charge in [-0.05, 0) is 13.3 Å². The fourth-order valence-electron chi connectivity index (χ4n) is 1.47. The summed E-state index contributed by atoms with van der Waals surface area (Å²) in [5.41, 5.74) is 0. The lowest BCUT2D eigenvalue weighted by Crippen LogP contribution is -2.07. The molecule has 1 saturated heterocycles. The van der Waals surface area contributed by atoms with E-state index in [-0.39, 0.29) is 18.0 Å². The van der Waals surface area contributed by atoms with E-state index in [0.717, 1.165) is 6.42 Å². The standard InChI is InChI=1S/C12H18O2/c1-3-4-5-6-7-8-11-9-12(13)14-10(11)2/h5-8,10-11H,3-4,9H2,1-2H3/b6-5+,8-7+. The smallest absolute Gasteiger partial charge is 0.306 e. The first-order valence-corrected chi connectivity index (χ1v) is 5.27. The molecule has 2 nitrogen and oxygen atoms in total. The highest BCUT2D eigenvalue weighted by Gasteiger charge is 2.28. The zero-order valence-corrected chi connectivity index (χ0v) is 8.90. The number of carbonyl (C=O) groups excluding carboxylic acids is 1. The van der Waals surface area contributed by atoms with E-state index in [9.17, 15) is 4.79 Å². The molecule has 1 aliphatic rings. The van der Waals surface area contributed by atoms with E-state index in [0.29, 0.717) is 6.42 Å². The third kappa shape index (κ3) is 3.36. The molecule has 0 radical (unpaired) electrons. The van der Waals surface area contributed by atoms with Gasteiger partial charge in [-0.3, -0.25) is 4.79 Å². The fraction of sp³-hybridized carbons (Fsp3) is 0.583. The van der Waals surface area contributed by atoms with Gasteiger partial charge in [0.1, 0.15) is 6.10 Å². The van der Waals surface area contributed by atoms with Gasteiger partial charge in [0.05, 0.1) is 6.42 Å². The minimum atomic E-state index is -0.0790. The molecule has 1 rings (SSSR count). The topological polar surface area (TPSA) is 26.3 Å². The van der Waals surface area contributed by atoms with Crippen LogP contribution in [0.2, 0.25) is 0 Å². The third-order valence-corrected chi connectivity index (χ3v) is 2.38. The van der Waals surface area contributed by atoms with E-state index in [4.69, 9.17) is 4.74 Å². The average Bonchev–Trinajstić information content (AvgIpc) is 2.45. The molecule has 14 heavy (non-hydrogen) atoms. The van der Waals surface area contributed by atoms with Gasteiger partial charge in [-0.1, -0.05) is 37.6 Å².